The number of anilines is 1. The predicted molar refractivity (Wildman–Crippen MR) is 158 cm³/mol. The third-order valence-electron chi connectivity index (χ3n) is 8.22. The van der Waals surface area contributed by atoms with Gasteiger partial charge in [-0.15, -0.1) is 23.1 Å². The molecule has 0 aromatic carbocycles. The van der Waals surface area contributed by atoms with Gasteiger partial charge in [0.15, 0.2) is 20.7 Å². The molecule has 0 bridgehead atoms. The van der Waals surface area contributed by atoms with Gasteiger partial charge in [-0.3, -0.25) is 19.3 Å². The summed E-state index contributed by atoms with van der Waals surface area (Å²) in [6, 6.07) is -1.40. The van der Waals surface area contributed by atoms with Crippen LogP contribution in [0.5, 0.6) is 0 Å². The van der Waals surface area contributed by atoms with E-state index in [0.717, 1.165) is 41.9 Å². The molecule has 17 heteroatoms. The topological polar surface area (TPSA) is 202 Å². The molecule has 3 atom stereocenters. The molecule has 1 saturated carbocycles. The number of likely N-dealkylation sites (tertiary alicyclic amines) is 1. The molecule has 5 aliphatic rings. The fraction of sp³-hybridized carbons (Fsp3) is 0.538. The predicted octanol–water partition coefficient (Wildman–Crippen LogP) is 0.473. The number of aliphatic carboxylic acids is 1. The number of fused-ring (bicyclic) bond motifs is 1. The number of amides is 3. The molecule has 4 aliphatic heterocycles. The summed E-state index contributed by atoms with van der Waals surface area (Å²) in [5.74, 6) is -2.79. The number of nitrogen functional groups attached to an aromatic ring is 1. The molecule has 4 fully saturated rings. The number of oxime groups is 1. The van der Waals surface area contributed by atoms with Gasteiger partial charge >= 0.3 is 5.97 Å². The zero-order chi connectivity index (χ0) is 30.5. The molecule has 1 aromatic heterocycles. The summed E-state index contributed by atoms with van der Waals surface area (Å²) in [4.78, 5) is 64.4. The molecule has 1 unspecified atom stereocenters. The van der Waals surface area contributed by atoms with Gasteiger partial charge in [-0.1, -0.05) is 5.16 Å². The maximum Gasteiger partial charge on any atom is 0.352 e. The minimum Gasteiger partial charge on any atom is -0.477 e. The van der Waals surface area contributed by atoms with E-state index in [1.807, 2.05) is 0 Å². The van der Waals surface area contributed by atoms with Gasteiger partial charge in [-0.2, -0.15) is 0 Å². The van der Waals surface area contributed by atoms with Crippen LogP contribution in [0, 0.1) is 0 Å². The Hall–Kier alpha value is -3.44. The van der Waals surface area contributed by atoms with E-state index >= 15 is 0 Å². The largest absolute Gasteiger partial charge is 0.477 e. The highest BCUT2D eigenvalue weighted by molar-refractivity contribution is 8.00. The Labute approximate surface area is 255 Å². The Bertz CT molecular complexity index is 1580. The number of carboxylic acids is 1. The lowest BCUT2D eigenvalue weighted by Gasteiger charge is -2.49. The molecule has 3 amide bonds. The lowest BCUT2D eigenvalue weighted by Crippen LogP contribution is -2.71. The van der Waals surface area contributed by atoms with Crippen LogP contribution in [0.2, 0.25) is 0 Å². The zero-order valence-corrected chi connectivity index (χ0v) is 25.4. The van der Waals surface area contributed by atoms with E-state index in [-0.39, 0.29) is 57.5 Å². The van der Waals surface area contributed by atoms with Crippen molar-refractivity contribution in [3.05, 3.63) is 34.0 Å². The number of rotatable bonds is 8. The van der Waals surface area contributed by atoms with Crippen LogP contribution in [0.3, 0.4) is 0 Å². The van der Waals surface area contributed by atoms with Crippen LogP contribution < -0.4 is 11.1 Å². The monoisotopic (exact) mass is 650 g/mol. The van der Waals surface area contributed by atoms with Gasteiger partial charge in [0.05, 0.1) is 11.5 Å². The lowest BCUT2D eigenvalue weighted by atomic mass is 10.0. The number of sulfone groups is 1. The van der Waals surface area contributed by atoms with E-state index in [0.29, 0.717) is 30.5 Å². The van der Waals surface area contributed by atoms with Gasteiger partial charge < -0.3 is 25.9 Å². The summed E-state index contributed by atoms with van der Waals surface area (Å²) in [6.07, 6.45) is 5.77. The van der Waals surface area contributed by atoms with Crippen LogP contribution >= 0.6 is 23.1 Å². The first kappa shape index (κ1) is 29.6. The van der Waals surface area contributed by atoms with Crippen LogP contribution in [0.1, 0.15) is 44.2 Å². The maximum atomic E-state index is 13.3. The molecule has 1 aliphatic carbocycles. The number of thioether (sulfide) groups is 1. The number of thiazole rings is 1. The van der Waals surface area contributed by atoms with E-state index in [1.165, 1.54) is 17.8 Å². The number of hydrogen-bond acceptors (Lipinski definition) is 12. The molecular weight excluding hydrogens is 621 g/mol. The van der Waals surface area contributed by atoms with Gasteiger partial charge in [0.1, 0.15) is 28.9 Å². The standard InChI is InChI=1S/C26H30N6O8S3/c27-26-28-17(11-42-26)18(30-40-16-3-1-2-4-16)21(33)29-19-23(35)32-20(25(36)37)14(10-41-24(19)32)9-13-5-7-31(22(13)34)15-6-8-43(38,39)12-15/h9,11,15-16,19,24H,1-8,10,12H2,(H2,27,28)(H,29,33)(H,36,37)/t15?,19-,24-/m1/s1. The van der Waals surface area contributed by atoms with E-state index in [9.17, 15) is 32.7 Å². The van der Waals surface area contributed by atoms with Crippen molar-refractivity contribution >= 4 is 67.5 Å². The minimum atomic E-state index is -3.18. The lowest BCUT2D eigenvalue weighted by molar-refractivity contribution is -0.150. The van der Waals surface area contributed by atoms with E-state index < -0.39 is 39.0 Å². The van der Waals surface area contributed by atoms with Crippen LogP contribution in [-0.4, -0.2) is 105 Å². The Morgan fingerprint density at radius 3 is 2.65 bits per heavy atom. The number of nitrogens with zero attached hydrogens (tertiary/aromatic N) is 4. The first-order chi connectivity index (χ1) is 20.5. The molecule has 43 heavy (non-hydrogen) atoms. The summed E-state index contributed by atoms with van der Waals surface area (Å²) >= 11 is 2.40. The first-order valence-electron chi connectivity index (χ1n) is 13.9. The summed E-state index contributed by atoms with van der Waals surface area (Å²) in [5.41, 5.74) is 6.29. The van der Waals surface area contributed by atoms with Crippen molar-refractivity contribution in [3.8, 4) is 0 Å². The highest BCUT2D eigenvalue weighted by Gasteiger charge is 2.54. The number of carbonyl (C=O) groups excluding carboxylic acids is 3. The molecule has 4 N–H and O–H groups in total. The van der Waals surface area contributed by atoms with Gasteiger partial charge in [0, 0.05) is 29.3 Å². The number of carbonyl (C=O) groups is 4. The summed E-state index contributed by atoms with van der Waals surface area (Å²) in [7, 11) is -3.18. The Balaban J connectivity index is 1.18. The molecule has 5 heterocycles. The number of nitrogens with one attached hydrogen (secondary N) is 1. The number of β-lactam (4-membered cyclic amide) rings is 1. The average Bonchev–Trinajstić information content (AvgIpc) is 3.77. The first-order valence-corrected chi connectivity index (χ1v) is 17.7. The summed E-state index contributed by atoms with van der Waals surface area (Å²) in [5, 5.41) is 17.9. The Morgan fingerprint density at radius 1 is 1.23 bits per heavy atom. The molecule has 0 spiro atoms. The van der Waals surface area contributed by atoms with E-state index in [2.05, 4.69) is 15.5 Å². The number of hydrogen-bond donors (Lipinski definition) is 3. The number of nitrogens with two attached hydrogens (primary N) is 1. The highest BCUT2D eigenvalue weighted by Crippen LogP contribution is 2.41. The molecular formula is C26H30N6O8S3. The van der Waals surface area contributed by atoms with Crippen molar-refractivity contribution in [1.82, 2.24) is 20.1 Å². The number of carboxylic acid groups (broad SMARTS) is 1. The minimum absolute atomic E-state index is 0.0420. The van der Waals surface area contributed by atoms with Crippen molar-refractivity contribution in [2.75, 3.05) is 29.5 Å². The maximum absolute atomic E-state index is 13.3. The Kier molecular flexibility index (Phi) is 7.97. The van der Waals surface area contributed by atoms with Crippen molar-refractivity contribution < 1.29 is 37.5 Å². The highest BCUT2D eigenvalue weighted by atomic mass is 32.2. The molecule has 14 nitrogen and oxygen atoms in total. The molecule has 3 saturated heterocycles. The van der Waals surface area contributed by atoms with Gasteiger partial charge in [0.25, 0.3) is 11.8 Å². The average molecular weight is 651 g/mol. The van der Waals surface area contributed by atoms with Crippen LogP contribution in [0.15, 0.2) is 33.5 Å². The molecule has 0 radical (unpaired) electrons. The summed E-state index contributed by atoms with van der Waals surface area (Å²) in [6.45, 7) is 0.353. The van der Waals surface area contributed by atoms with Gasteiger partial charge in [-0.25, -0.2) is 18.2 Å². The third kappa shape index (κ3) is 5.76. The third-order valence-corrected chi connectivity index (χ3v) is 11.9. The second-order valence-electron chi connectivity index (χ2n) is 11.0. The second kappa shape index (κ2) is 11.6. The van der Waals surface area contributed by atoms with Gasteiger partial charge in [0.2, 0.25) is 5.91 Å². The smallest absolute Gasteiger partial charge is 0.352 e. The number of allylic oxidation sites excluding steroid dienone is 1. The van der Waals surface area contributed by atoms with Crippen LogP contribution in [0.25, 0.3) is 0 Å². The molecule has 6 rings (SSSR count). The second-order valence-corrected chi connectivity index (χ2v) is 15.3. The van der Waals surface area contributed by atoms with Gasteiger partial charge in [-0.05, 0) is 50.2 Å². The van der Waals surface area contributed by atoms with Crippen molar-refractivity contribution in [2.24, 2.45) is 5.16 Å². The van der Waals surface area contributed by atoms with E-state index in [1.54, 1.807) is 10.3 Å². The summed E-state index contributed by atoms with van der Waals surface area (Å²) < 4.78 is 23.8. The van der Waals surface area contributed by atoms with Crippen LogP contribution in [0.4, 0.5) is 5.13 Å². The number of aromatic nitrogens is 1. The van der Waals surface area contributed by atoms with Crippen LogP contribution in [-0.2, 0) is 33.9 Å². The SMILES string of the molecule is Nc1nc(C(=NOC2CCCC2)C(=O)N[C@@H]2C(=O)N3C(C(=O)O)=C(C=C4CCN(C5CCS(=O)(=O)C5)C4=O)CS[C@H]23)cs1. The quantitative estimate of drug-likeness (QED) is 0.153. The van der Waals surface area contributed by atoms with E-state index in [4.69, 9.17) is 10.6 Å². The van der Waals surface area contributed by atoms with Crippen molar-refractivity contribution in [2.45, 2.75) is 62.1 Å². The molecule has 230 valence electrons. The molecule has 1 aromatic rings. The van der Waals surface area contributed by atoms with Crippen molar-refractivity contribution in [1.29, 1.82) is 0 Å². The zero-order valence-electron chi connectivity index (χ0n) is 22.9. The van der Waals surface area contributed by atoms with Crippen molar-refractivity contribution in [3.63, 3.8) is 0 Å². The normalized spacial score (nSPS) is 28.4. The Morgan fingerprint density at radius 2 is 2.00 bits per heavy atom. The fourth-order valence-corrected chi connectivity index (χ4v) is 9.62. The fourth-order valence-electron chi connectivity index (χ4n) is 6.03.